The van der Waals surface area contributed by atoms with Gasteiger partial charge in [0, 0.05) is 18.1 Å². The molecular weight excluding hydrogens is 320 g/mol. The highest BCUT2D eigenvalue weighted by Crippen LogP contribution is 2.12. The smallest absolute Gasteiger partial charge is 0.333 e. The van der Waals surface area contributed by atoms with Crippen LogP contribution >= 0.6 is 11.8 Å². The number of thioether (sulfide) groups is 1. The molecular formula is C18H20N4OS. The number of nitrogens with one attached hydrogen (secondary N) is 2. The number of fused-ring (bicyclic) bond motifs is 1. The van der Waals surface area contributed by atoms with Gasteiger partial charge in [0.15, 0.2) is 0 Å². The molecule has 2 amide bonds. The molecule has 0 aliphatic carbocycles. The number of imidazole rings is 1. The van der Waals surface area contributed by atoms with Crippen molar-refractivity contribution < 1.29 is 4.79 Å². The second kappa shape index (κ2) is 7.88. The molecule has 0 unspecified atom stereocenters. The van der Waals surface area contributed by atoms with Crippen molar-refractivity contribution in [1.29, 1.82) is 0 Å². The highest BCUT2D eigenvalue weighted by Gasteiger charge is 2.04. The highest BCUT2D eigenvalue weighted by atomic mass is 32.2. The summed E-state index contributed by atoms with van der Waals surface area (Å²) in [4.78, 5) is 16.2. The molecule has 0 saturated heterocycles. The summed E-state index contributed by atoms with van der Waals surface area (Å²) in [5.74, 6) is 1.82. The molecule has 0 saturated carbocycles. The topological polar surface area (TPSA) is 59.0 Å². The molecule has 0 aliphatic rings. The average molecular weight is 340 g/mol. The lowest BCUT2D eigenvalue weighted by atomic mass is 10.2. The van der Waals surface area contributed by atoms with E-state index < -0.39 is 0 Å². The van der Waals surface area contributed by atoms with Crippen LogP contribution in [0.5, 0.6) is 0 Å². The zero-order chi connectivity index (χ0) is 16.8. The number of hydrogen-bond donors (Lipinski definition) is 2. The molecule has 24 heavy (non-hydrogen) atoms. The summed E-state index contributed by atoms with van der Waals surface area (Å²) in [6.07, 6.45) is 1.61. The molecule has 0 bridgehead atoms. The van der Waals surface area contributed by atoms with Crippen molar-refractivity contribution in [3.05, 3.63) is 66.0 Å². The molecule has 0 aliphatic heterocycles. The van der Waals surface area contributed by atoms with E-state index in [0.29, 0.717) is 6.54 Å². The zero-order valence-electron chi connectivity index (χ0n) is 13.5. The summed E-state index contributed by atoms with van der Waals surface area (Å²) in [6.45, 7) is 2.71. The van der Waals surface area contributed by atoms with Crippen LogP contribution in [0.2, 0.25) is 0 Å². The van der Waals surface area contributed by atoms with E-state index in [1.807, 2.05) is 24.3 Å². The second-order valence-electron chi connectivity index (χ2n) is 5.51. The van der Waals surface area contributed by atoms with Gasteiger partial charge in [0.05, 0.1) is 11.0 Å². The molecule has 5 nitrogen and oxygen atoms in total. The Hall–Kier alpha value is -2.47. The third-order valence-corrected chi connectivity index (χ3v) is 4.63. The van der Waals surface area contributed by atoms with Gasteiger partial charge in [-0.1, -0.05) is 42.0 Å². The van der Waals surface area contributed by atoms with Gasteiger partial charge in [-0.2, -0.15) is 11.8 Å². The zero-order valence-corrected chi connectivity index (χ0v) is 14.3. The Morgan fingerprint density at radius 3 is 2.79 bits per heavy atom. The lowest BCUT2D eigenvalue weighted by Gasteiger charge is -2.09. The molecule has 124 valence electrons. The van der Waals surface area contributed by atoms with Crippen LogP contribution in [0.1, 0.15) is 11.1 Å². The molecule has 1 heterocycles. The summed E-state index contributed by atoms with van der Waals surface area (Å²) in [5, 5.41) is 2.86. The lowest BCUT2D eigenvalue weighted by molar-refractivity contribution is 0.250. The van der Waals surface area contributed by atoms with Crippen LogP contribution in [0.4, 0.5) is 4.79 Å². The number of hydrogen-bond acceptors (Lipinski definition) is 3. The van der Waals surface area contributed by atoms with E-state index in [4.69, 9.17) is 0 Å². The highest BCUT2D eigenvalue weighted by molar-refractivity contribution is 7.98. The number of amides is 2. The van der Waals surface area contributed by atoms with Crippen molar-refractivity contribution in [2.75, 3.05) is 17.7 Å². The van der Waals surface area contributed by atoms with Gasteiger partial charge in [0.2, 0.25) is 0 Å². The Labute approximate surface area is 145 Å². The second-order valence-corrected chi connectivity index (χ2v) is 6.61. The van der Waals surface area contributed by atoms with Crippen LogP contribution in [-0.2, 0) is 5.75 Å². The van der Waals surface area contributed by atoms with Gasteiger partial charge >= 0.3 is 6.03 Å². The van der Waals surface area contributed by atoms with Gasteiger partial charge in [0.1, 0.15) is 6.33 Å². The first-order valence-electron chi connectivity index (χ1n) is 7.82. The molecule has 3 rings (SSSR count). The Bertz CT molecular complexity index is 813. The standard InChI is InChI=1S/C18H20N4OS/c1-14-6-8-15(9-7-14)12-24-11-10-19-18(23)21-22-13-20-16-4-2-3-5-17(16)22/h2-9,13H,10-12H2,1H3,(H2,19,21,23). The van der Waals surface area contributed by atoms with Gasteiger partial charge in [-0.15, -0.1) is 0 Å². The van der Waals surface area contributed by atoms with Gasteiger partial charge in [0.25, 0.3) is 0 Å². The Morgan fingerprint density at radius 2 is 1.96 bits per heavy atom. The van der Waals surface area contributed by atoms with Crippen LogP contribution in [0.25, 0.3) is 11.0 Å². The molecule has 0 radical (unpaired) electrons. The van der Waals surface area contributed by atoms with Crippen LogP contribution in [0.3, 0.4) is 0 Å². The number of benzene rings is 2. The fourth-order valence-corrected chi connectivity index (χ4v) is 3.13. The number of carbonyl (C=O) groups excluding carboxylic acids is 1. The van der Waals surface area contributed by atoms with E-state index in [-0.39, 0.29) is 6.03 Å². The molecule has 0 atom stereocenters. The predicted octanol–water partition coefficient (Wildman–Crippen LogP) is 3.53. The molecule has 2 aromatic carbocycles. The first-order valence-corrected chi connectivity index (χ1v) is 8.98. The van der Waals surface area contributed by atoms with Crippen molar-refractivity contribution in [2.24, 2.45) is 0 Å². The lowest BCUT2D eigenvalue weighted by Crippen LogP contribution is -2.35. The van der Waals surface area contributed by atoms with Crippen LogP contribution in [-0.4, -0.2) is 28.0 Å². The van der Waals surface area contributed by atoms with Crippen molar-refractivity contribution >= 4 is 28.8 Å². The quantitative estimate of drug-likeness (QED) is 0.675. The average Bonchev–Trinajstić information content (AvgIpc) is 2.99. The Kier molecular flexibility index (Phi) is 5.38. The minimum atomic E-state index is -0.228. The number of para-hydroxylation sites is 2. The summed E-state index contributed by atoms with van der Waals surface area (Å²) < 4.78 is 1.63. The SMILES string of the molecule is Cc1ccc(CSCCNC(=O)Nn2cnc3ccccc32)cc1. The largest absolute Gasteiger partial charge is 0.336 e. The normalized spacial score (nSPS) is 10.7. The number of aromatic nitrogens is 2. The Morgan fingerprint density at radius 1 is 1.17 bits per heavy atom. The summed E-state index contributed by atoms with van der Waals surface area (Å²) in [6, 6.07) is 16.0. The maximum absolute atomic E-state index is 11.9. The summed E-state index contributed by atoms with van der Waals surface area (Å²) >= 11 is 1.80. The number of nitrogens with zero attached hydrogens (tertiary/aromatic N) is 2. The minimum Gasteiger partial charge on any atom is -0.336 e. The number of rotatable bonds is 6. The van der Waals surface area contributed by atoms with E-state index >= 15 is 0 Å². The molecule has 2 N–H and O–H groups in total. The summed E-state index contributed by atoms with van der Waals surface area (Å²) in [7, 11) is 0. The number of urea groups is 1. The van der Waals surface area contributed by atoms with Gasteiger partial charge < -0.3 is 5.32 Å². The molecule has 6 heteroatoms. The van der Waals surface area contributed by atoms with Gasteiger partial charge in [-0.05, 0) is 24.6 Å². The van der Waals surface area contributed by atoms with E-state index in [9.17, 15) is 4.79 Å². The van der Waals surface area contributed by atoms with Crippen molar-refractivity contribution in [1.82, 2.24) is 15.0 Å². The molecule has 3 aromatic rings. The van der Waals surface area contributed by atoms with Crippen LogP contribution in [0, 0.1) is 6.92 Å². The predicted molar refractivity (Wildman–Crippen MR) is 99.8 cm³/mol. The fourth-order valence-electron chi connectivity index (χ4n) is 2.31. The fraction of sp³-hybridized carbons (Fsp3) is 0.222. The van der Waals surface area contributed by atoms with Gasteiger partial charge in [-0.25, -0.2) is 19.9 Å². The van der Waals surface area contributed by atoms with Gasteiger partial charge in [-0.3, -0.25) is 0 Å². The van der Waals surface area contributed by atoms with E-state index in [1.165, 1.54) is 11.1 Å². The Balaban J connectivity index is 1.39. The number of aryl methyl sites for hydroxylation is 1. The minimum absolute atomic E-state index is 0.228. The van der Waals surface area contributed by atoms with Crippen molar-refractivity contribution in [3.63, 3.8) is 0 Å². The van der Waals surface area contributed by atoms with E-state index in [1.54, 1.807) is 22.8 Å². The molecule has 0 spiro atoms. The molecule has 0 fully saturated rings. The van der Waals surface area contributed by atoms with E-state index in [0.717, 1.165) is 22.5 Å². The maximum Gasteiger partial charge on any atom is 0.333 e. The first kappa shape index (κ1) is 16.4. The summed E-state index contributed by atoms with van der Waals surface area (Å²) in [5.41, 5.74) is 7.08. The number of carbonyl (C=O) groups is 1. The maximum atomic E-state index is 11.9. The third-order valence-electron chi connectivity index (χ3n) is 3.60. The molecule has 1 aromatic heterocycles. The monoisotopic (exact) mass is 340 g/mol. The van der Waals surface area contributed by atoms with Crippen LogP contribution in [0.15, 0.2) is 54.9 Å². The van der Waals surface area contributed by atoms with E-state index in [2.05, 4.69) is 46.9 Å². The first-order chi connectivity index (χ1) is 11.7. The van der Waals surface area contributed by atoms with Crippen molar-refractivity contribution in [3.8, 4) is 0 Å². The van der Waals surface area contributed by atoms with Crippen LogP contribution < -0.4 is 10.7 Å². The third kappa shape index (κ3) is 4.29. The van der Waals surface area contributed by atoms with Crippen molar-refractivity contribution in [2.45, 2.75) is 12.7 Å².